The molecule has 0 aliphatic carbocycles. The maximum Gasteiger partial charge on any atom is 0.255 e. The normalized spacial score (nSPS) is 17.8. The van der Waals surface area contributed by atoms with Crippen molar-refractivity contribution in [2.45, 2.75) is 12.5 Å². The average Bonchev–Trinajstić information content (AvgIpc) is 2.94. The van der Waals surface area contributed by atoms with Crippen LogP contribution in [0, 0.1) is 17.7 Å². The van der Waals surface area contributed by atoms with Crippen LogP contribution in [0.15, 0.2) is 18.2 Å². The van der Waals surface area contributed by atoms with Crippen LogP contribution in [0.5, 0.6) is 0 Å². The summed E-state index contributed by atoms with van der Waals surface area (Å²) >= 11 is 0. The van der Waals surface area contributed by atoms with Gasteiger partial charge in [-0.3, -0.25) is 4.79 Å². The van der Waals surface area contributed by atoms with E-state index in [0.29, 0.717) is 30.3 Å². The minimum Gasteiger partial charge on any atom is -0.337 e. The Kier molecular flexibility index (Phi) is 4.94. The fourth-order valence-corrected chi connectivity index (χ4v) is 2.47. The second-order valence-electron chi connectivity index (χ2n) is 5.35. The molecule has 4 nitrogen and oxygen atoms in total. The van der Waals surface area contributed by atoms with Crippen molar-refractivity contribution in [2.75, 3.05) is 33.7 Å². The van der Waals surface area contributed by atoms with Crippen LogP contribution in [0.1, 0.15) is 22.3 Å². The number of rotatable bonds is 2. The number of carbonyl (C=O) groups is 1. The first-order valence-corrected chi connectivity index (χ1v) is 6.97. The predicted octanol–water partition coefficient (Wildman–Crippen LogP) is 0.912. The number of carbonyl (C=O) groups excluding carboxylic acids is 1. The molecule has 1 amide bonds. The number of benzene rings is 1. The van der Waals surface area contributed by atoms with Crippen LogP contribution in [-0.2, 0) is 0 Å². The van der Waals surface area contributed by atoms with Crippen LogP contribution in [0.25, 0.3) is 0 Å². The molecule has 1 aromatic rings. The smallest absolute Gasteiger partial charge is 0.255 e. The molecule has 0 saturated carbocycles. The lowest BCUT2D eigenvalue weighted by atomic mass is 10.1. The van der Waals surface area contributed by atoms with Crippen LogP contribution in [-0.4, -0.2) is 55.5 Å². The topological polar surface area (TPSA) is 49.6 Å². The average molecular weight is 289 g/mol. The maximum absolute atomic E-state index is 13.4. The monoisotopic (exact) mass is 289 g/mol. The molecule has 2 N–H and O–H groups in total. The molecule has 1 heterocycles. The van der Waals surface area contributed by atoms with E-state index in [2.05, 4.69) is 16.7 Å². The molecule has 0 aromatic heterocycles. The Hall–Kier alpha value is -1.90. The van der Waals surface area contributed by atoms with Crippen LogP contribution in [0.2, 0.25) is 0 Å². The standard InChI is InChI=1S/C16H20FN3O/c1-19(2)14-7-9-20(11-14)16(21)15-6-5-13(17)10-12(15)4-3-8-18/h5-6,10,14H,7-9,11,18H2,1-2H3. The number of likely N-dealkylation sites (N-methyl/N-ethyl adjacent to an activating group) is 1. The summed E-state index contributed by atoms with van der Waals surface area (Å²) in [6.45, 7) is 1.58. The fraction of sp³-hybridized carbons (Fsp3) is 0.438. The van der Waals surface area contributed by atoms with E-state index in [4.69, 9.17) is 5.73 Å². The maximum atomic E-state index is 13.4. The van der Waals surface area contributed by atoms with Crippen LogP contribution >= 0.6 is 0 Å². The van der Waals surface area contributed by atoms with E-state index in [1.807, 2.05) is 14.1 Å². The second-order valence-corrected chi connectivity index (χ2v) is 5.35. The Morgan fingerprint density at radius 2 is 2.29 bits per heavy atom. The van der Waals surface area contributed by atoms with Crippen molar-refractivity contribution in [2.24, 2.45) is 5.73 Å². The lowest BCUT2D eigenvalue weighted by Crippen LogP contribution is -2.34. The van der Waals surface area contributed by atoms with E-state index in [1.54, 1.807) is 4.90 Å². The molecular weight excluding hydrogens is 269 g/mol. The highest BCUT2D eigenvalue weighted by atomic mass is 19.1. The Balaban J connectivity index is 2.23. The number of amides is 1. The first-order chi connectivity index (χ1) is 10.0. The van der Waals surface area contributed by atoms with E-state index in [9.17, 15) is 9.18 Å². The van der Waals surface area contributed by atoms with E-state index in [-0.39, 0.29) is 12.5 Å². The summed E-state index contributed by atoms with van der Waals surface area (Å²) in [7, 11) is 4.02. The number of likely N-dealkylation sites (tertiary alicyclic amines) is 1. The van der Waals surface area contributed by atoms with Gasteiger partial charge in [0, 0.05) is 24.7 Å². The zero-order chi connectivity index (χ0) is 15.4. The summed E-state index contributed by atoms with van der Waals surface area (Å²) in [6, 6.07) is 4.45. The third-order valence-electron chi connectivity index (χ3n) is 3.72. The number of nitrogens with zero attached hydrogens (tertiary/aromatic N) is 2. The Morgan fingerprint density at radius 1 is 1.52 bits per heavy atom. The molecule has 1 aliphatic heterocycles. The fourth-order valence-electron chi connectivity index (χ4n) is 2.47. The SMILES string of the molecule is CN(C)C1CCN(C(=O)c2ccc(F)cc2C#CCN)C1. The van der Waals surface area contributed by atoms with Gasteiger partial charge in [0.25, 0.3) is 5.91 Å². The van der Waals surface area contributed by atoms with Crippen molar-refractivity contribution in [1.29, 1.82) is 0 Å². The van der Waals surface area contributed by atoms with Gasteiger partial charge in [-0.05, 0) is 38.7 Å². The molecule has 0 radical (unpaired) electrons. The summed E-state index contributed by atoms with van der Waals surface area (Å²) in [5, 5.41) is 0. The number of nitrogens with two attached hydrogens (primary N) is 1. The molecule has 1 atom stereocenters. The van der Waals surface area contributed by atoms with Crippen LogP contribution in [0.4, 0.5) is 4.39 Å². The van der Waals surface area contributed by atoms with E-state index >= 15 is 0 Å². The molecule has 1 fully saturated rings. The Bertz CT molecular complexity index is 589. The van der Waals surface area contributed by atoms with Crippen molar-refractivity contribution in [3.05, 3.63) is 35.1 Å². The minimum atomic E-state index is -0.402. The number of hydrogen-bond donors (Lipinski definition) is 1. The minimum absolute atomic E-state index is 0.0966. The predicted molar refractivity (Wildman–Crippen MR) is 80.3 cm³/mol. The molecule has 2 rings (SSSR count). The summed E-state index contributed by atoms with van der Waals surface area (Å²) < 4.78 is 13.4. The van der Waals surface area contributed by atoms with Gasteiger partial charge in [0.2, 0.25) is 0 Å². The summed E-state index contributed by atoms with van der Waals surface area (Å²) in [6.07, 6.45) is 0.948. The molecule has 1 unspecified atom stereocenters. The van der Waals surface area contributed by atoms with Crippen molar-refractivity contribution < 1.29 is 9.18 Å². The molecule has 1 aromatic carbocycles. The van der Waals surface area contributed by atoms with Crippen LogP contribution < -0.4 is 5.73 Å². The Labute approximate surface area is 124 Å². The van der Waals surface area contributed by atoms with Crippen molar-refractivity contribution >= 4 is 5.91 Å². The van der Waals surface area contributed by atoms with Gasteiger partial charge in [-0.25, -0.2) is 4.39 Å². The van der Waals surface area contributed by atoms with Crippen molar-refractivity contribution in [1.82, 2.24) is 9.80 Å². The van der Waals surface area contributed by atoms with Gasteiger partial charge in [0.1, 0.15) is 5.82 Å². The highest BCUT2D eigenvalue weighted by molar-refractivity contribution is 5.97. The zero-order valence-corrected chi connectivity index (χ0v) is 12.4. The van der Waals surface area contributed by atoms with Crippen LogP contribution in [0.3, 0.4) is 0 Å². The van der Waals surface area contributed by atoms with Crippen molar-refractivity contribution in [3.63, 3.8) is 0 Å². The molecule has 112 valence electrons. The number of halogens is 1. The lowest BCUT2D eigenvalue weighted by Gasteiger charge is -2.20. The summed E-state index contributed by atoms with van der Waals surface area (Å²) in [4.78, 5) is 16.5. The largest absolute Gasteiger partial charge is 0.337 e. The van der Waals surface area contributed by atoms with Gasteiger partial charge in [-0.1, -0.05) is 11.8 Å². The van der Waals surface area contributed by atoms with Gasteiger partial charge in [-0.15, -0.1) is 0 Å². The molecule has 0 bridgehead atoms. The van der Waals surface area contributed by atoms with Gasteiger partial charge in [0.15, 0.2) is 0 Å². The highest BCUT2D eigenvalue weighted by Gasteiger charge is 2.28. The number of hydrogen-bond acceptors (Lipinski definition) is 3. The van der Waals surface area contributed by atoms with Gasteiger partial charge in [-0.2, -0.15) is 0 Å². The summed E-state index contributed by atoms with van der Waals surface area (Å²) in [5.41, 5.74) is 6.19. The Morgan fingerprint density at radius 3 is 2.90 bits per heavy atom. The second kappa shape index (κ2) is 6.70. The molecule has 1 saturated heterocycles. The van der Waals surface area contributed by atoms with E-state index < -0.39 is 5.82 Å². The third kappa shape index (κ3) is 3.60. The van der Waals surface area contributed by atoms with Gasteiger partial charge in [0.05, 0.1) is 12.1 Å². The first kappa shape index (κ1) is 15.5. The molecule has 21 heavy (non-hydrogen) atoms. The molecular formula is C16H20FN3O. The molecule has 5 heteroatoms. The summed E-state index contributed by atoms with van der Waals surface area (Å²) in [5.74, 6) is 4.96. The highest BCUT2D eigenvalue weighted by Crippen LogP contribution is 2.19. The van der Waals surface area contributed by atoms with E-state index in [0.717, 1.165) is 6.42 Å². The van der Waals surface area contributed by atoms with Gasteiger partial charge >= 0.3 is 0 Å². The first-order valence-electron chi connectivity index (χ1n) is 6.97. The molecule has 1 aliphatic rings. The van der Waals surface area contributed by atoms with E-state index in [1.165, 1.54) is 18.2 Å². The quantitative estimate of drug-likeness (QED) is 0.824. The van der Waals surface area contributed by atoms with Gasteiger partial charge < -0.3 is 15.5 Å². The van der Waals surface area contributed by atoms with Crippen molar-refractivity contribution in [3.8, 4) is 11.8 Å². The third-order valence-corrected chi connectivity index (χ3v) is 3.72. The zero-order valence-electron chi connectivity index (χ0n) is 12.4. The molecule has 0 spiro atoms. The lowest BCUT2D eigenvalue weighted by molar-refractivity contribution is 0.0783.